The van der Waals surface area contributed by atoms with Crippen LogP contribution in [-0.4, -0.2) is 7.05 Å². The molecule has 0 aliphatic carbocycles. The van der Waals surface area contributed by atoms with Gasteiger partial charge in [0.2, 0.25) is 0 Å². The molecule has 19 heavy (non-hydrogen) atoms. The minimum Gasteiger partial charge on any atom is -0.399 e. The number of nitrogens with two attached hydrogens (primary N) is 1. The molecule has 1 atom stereocenters. The van der Waals surface area contributed by atoms with Crippen molar-refractivity contribution in [3.8, 4) is 0 Å². The molecule has 2 aromatic rings. The van der Waals surface area contributed by atoms with Gasteiger partial charge >= 0.3 is 0 Å². The summed E-state index contributed by atoms with van der Waals surface area (Å²) in [5, 5.41) is 0. The molecule has 0 saturated heterocycles. The lowest BCUT2D eigenvalue weighted by Gasteiger charge is -2.33. The highest BCUT2D eigenvalue weighted by Crippen LogP contribution is 2.32. The predicted octanol–water partition coefficient (Wildman–Crippen LogP) is 4.10. The first kappa shape index (κ1) is 13.5. The summed E-state index contributed by atoms with van der Waals surface area (Å²) >= 11 is 0. The molecule has 0 aliphatic heterocycles. The summed E-state index contributed by atoms with van der Waals surface area (Å²) in [4.78, 5) is 2.32. The van der Waals surface area contributed by atoms with Crippen LogP contribution in [0.3, 0.4) is 0 Å². The SMILES string of the molecule is CC(C)C(c1cccc(N)c1)N(C)c1ccccc1. The molecule has 0 radical (unpaired) electrons. The largest absolute Gasteiger partial charge is 0.399 e. The monoisotopic (exact) mass is 254 g/mol. The molecular formula is C17H22N2. The van der Waals surface area contributed by atoms with E-state index >= 15 is 0 Å². The normalized spacial score (nSPS) is 12.4. The Morgan fingerprint density at radius 2 is 1.63 bits per heavy atom. The van der Waals surface area contributed by atoms with Crippen molar-refractivity contribution in [1.29, 1.82) is 0 Å². The van der Waals surface area contributed by atoms with E-state index in [1.54, 1.807) is 0 Å². The first-order valence-corrected chi connectivity index (χ1v) is 6.73. The molecule has 0 heterocycles. The molecule has 0 bridgehead atoms. The van der Waals surface area contributed by atoms with E-state index in [0.29, 0.717) is 12.0 Å². The number of para-hydroxylation sites is 1. The van der Waals surface area contributed by atoms with E-state index in [0.717, 1.165) is 5.69 Å². The average Bonchev–Trinajstić information content (AvgIpc) is 2.39. The van der Waals surface area contributed by atoms with Crippen LogP contribution in [-0.2, 0) is 0 Å². The Balaban J connectivity index is 2.36. The summed E-state index contributed by atoms with van der Waals surface area (Å²) in [6.07, 6.45) is 0. The molecule has 0 spiro atoms. The van der Waals surface area contributed by atoms with Gasteiger partial charge in [0, 0.05) is 18.4 Å². The van der Waals surface area contributed by atoms with Crippen molar-refractivity contribution in [2.75, 3.05) is 17.7 Å². The zero-order chi connectivity index (χ0) is 13.8. The number of hydrogen-bond donors (Lipinski definition) is 1. The van der Waals surface area contributed by atoms with Gasteiger partial charge in [-0.2, -0.15) is 0 Å². The Morgan fingerprint density at radius 3 is 2.21 bits per heavy atom. The highest BCUT2D eigenvalue weighted by molar-refractivity contribution is 5.50. The fraction of sp³-hybridized carbons (Fsp3) is 0.294. The van der Waals surface area contributed by atoms with E-state index < -0.39 is 0 Å². The van der Waals surface area contributed by atoms with Crippen molar-refractivity contribution >= 4 is 11.4 Å². The lowest BCUT2D eigenvalue weighted by Crippen LogP contribution is -2.28. The number of benzene rings is 2. The van der Waals surface area contributed by atoms with Crippen LogP contribution < -0.4 is 10.6 Å². The zero-order valence-corrected chi connectivity index (χ0v) is 11.9. The first-order chi connectivity index (χ1) is 9.09. The maximum Gasteiger partial charge on any atom is 0.0562 e. The van der Waals surface area contributed by atoms with Gasteiger partial charge in [-0.3, -0.25) is 0 Å². The molecule has 2 N–H and O–H groups in total. The third-order valence-electron chi connectivity index (χ3n) is 3.46. The lowest BCUT2D eigenvalue weighted by atomic mass is 9.94. The molecule has 2 rings (SSSR count). The first-order valence-electron chi connectivity index (χ1n) is 6.73. The number of nitrogens with zero attached hydrogens (tertiary/aromatic N) is 1. The van der Waals surface area contributed by atoms with Crippen LogP contribution in [0.5, 0.6) is 0 Å². The van der Waals surface area contributed by atoms with E-state index in [-0.39, 0.29) is 0 Å². The Hall–Kier alpha value is -1.96. The van der Waals surface area contributed by atoms with Crippen molar-refractivity contribution < 1.29 is 0 Å². The number of rotatable bonds is 4. The standard InChI is InChI=1S/C17H22N2/c1-13(2)17(14-8-7-9-15(18)12-14)19(3)16-10-5-4-6-11-16/h4-13,17H,18H2,1-3H3. The second kappa shape index (κ2) is 5.79. The van der Waals surface area contributed by atoms with Gasteiger partial charge in [0.15, 0.2) is 0 Å². The fourth-order valence-electron chi connectivity index (χ4n) is 2.62. The Kier molecular flexibility index (Phi) is 4.10. The molecule has 0 amide bonds. The smallest absolute Gasteiger partial charge is 0.0562 e. The molecule has 2 nitrogen and oxygen atoms in total. The second-order valence-electron chi connectivity index (χ2n) is 5.31. The summed E-state index contributed by atoms with van der Waals surface area (Å²) in [6, 6.07) is 19.0. The van der Waals surface area contributed by atoms with E-state index in [9.17, 15) is 0 Å². The van der Waals surface area contributed by atoms with Gasteiger partial charge in [0.25, 0.3) is 0 Å². The summed E-state index contributed by atoms with van der Waals surface area (Å²) in [7, 11) is 2.14. The van der Waals surface area contributed by atoms with E-state index in [1.807, 2.05) is 18.2 Å². The molecule has 0 fully saturated rings. The van der Waals surface area contributed by atoms with Gasteiger partial charge < -0.3 is 10.6 Å². The molecule has 0 aliphatic rings. The Bertz CT molecular complexity index is 520. The maximum atomic E-state index is 5.92. The highest BCUT2D eigenvalue weighted by atomic mass is 15.1. The van der Waals surface area contributed by atoms with Crippen LogP contribution in [0, 0.1) is 5.92 Å². The minimum absolute atomic E-state index is 0.325. The van der Waals surface area contributed by atoms with Crippen molar-refractivity contribution in [2.45, 2.75) is 19.9 Å². The van der Waals surface area contributed by atoms with E-state index in [4.69, 9.17) is 5.73 Å². The zero-order valence-electron chi connectivity index (χ0n) is 11.9. The van der Waals surface area contributed by atoms with Gasteiger partial charge in [-0.25, -0.2) is 0 Å². The number of nitrogen functional groups attached to an aromatic ring is 1. The van der Waals surface area contributed by atoms with Gasteiger partial charge in [-0.15, -0.1) is 0 Å². The third-order valence-corrected chi connectivity index (χ3v) is 3.46. The molecule has 0 aromatic heterocycles. The summed E-state index contributed by atoms with van der Waals surface area (Å²) in [6.45, 7) is 4.49. The predicted molar refractivity (Wildman–Crippen MR) is 83.3 cm³/mol. The van der Waals surface area contributed by atoms with Crippen LogP contribution in [0.1, 0.15) is 25.5 Å². The van der Waals surface area contributed by atoms with Gasteiger partial charge in [0.1, 0.15) is 0 Å². The molecule has 2 aromatic carbocycles. The molecular weight excluding hydrogens is 232 g/mol. The van der Waals surface area contributed by atoms with Crippen molar-refractivity contribution in [3.05, 3.63) is 60.2 Å². The van der Waals surface area contributed by atoms with Gasteiger partial charge in [-0.05, 0) is 35.7 Å². The van der Waals surface area contributed by atoms with E-state index in [1.165, 1.54) is 11.3 Å². The van der Waals surface area contributed by atoms with E-state index in [2.05, 4.69) is 62.2 Å². The summed E-state index contributed by atoms with van der Waals surface area (Å²) < 4.78 is 0. The number of anilines is 2. The van der Waals surface area contributed by atoms with Gasteiger partial charge in [-0.1, -0.05) is 44.2 Å². The Morgan fingerprint density at radius 1 is 0.947 bits per heavy atom. The quantitative estimate of drug-likeness (QED) is 0.832. The molecule has 100 valence electrons. The average molecular weight is 254 g/mol. The van der Waals surface area contributed by atoms with Crippen molar-refractivity contribution in [1.82, 2.24) is 0 Å². The van der Waals surface area contributed by atoms with Gasteiger partial charge in [0.05, 0.1) is 6.04 Å². The molecule has 2 heteroatoms. The van der Waals surface area contributed by atoms with Crippen LogP contribution in [0.15, 0.2) is 54.6 Å². The van der Waals surface area contributed by atoms with Crippen LogP contribution in [0.4, 0.5) is 11.4 Å². The van der Waals surface area contributed by atoms with Crippen LogP contribution >= 0.6 is 0 Å². The molecule has 1 unspecified atom stereocenters. The van der Waals surface area contributed by atoms with Crippen LogP contribution in [0.25, 0.3) is 0 Å². The summed E-state index contributed by atoms with van der Waals surface area (Å²) in [5.41, 5.74) is 9.23. The third kappa shape index (κ3) is 3.08. The fourth-order valence-corrected chi connectivity index (χ4v) is 2.62. The minimum atomic E-state index is 0.325. The highest BCUT2D eigenvalue weighted by Gasteiger charge is 2.21. The number of hydrogen-bond acceptors (Lipinski definition) is 2. The maximum absolute atomic E-state index is 5.92. The second-order valence-corrected chi connectivity index (χ2v) is 5.31. The topological polar surface area (TPSA) is 29.3 Å². The molecule has 0 saturated carbocycles. The van der Waals surface area contributed by atoms with Crippen LogP contribution in [0.2, 0.25) is 0 Å². The summed E-state index contributed by atoms with van der Waals surface area (Å²) in [5.74, 6) is 0.506. The lowest BCUT2D eigenvalue weighted by molar-refractivity contribution is 0.491. The van der Waals surface area contributed by atoms with Crippen molar-refractivity contribution in [2.24, 2.45) is 5.92 Å². The Labute approximate surface area is 115 Å². The van der Waals surface area contributed by atoms with Crippen molar-refractivity contribution in [3.63, 3.8) is 0 Å².